The number of aromatic nitrogens is 2. The molecule has 0 aromatic carbocycles. The van der Waals surface area contributed by atoms with Gasteiger partial charge in [0.15, 0.2) is 5.03 Å². The third-order valence-corrected chi connectivity index (χ3v) is 5.73. The van der Waals surface area contributed by atoms with Gasteiger partial charge in [-0.1, -0.05) is 6.42 Å². The van der Waals surface area contributed by atoms with Crippen molar-refractivity contribution >= 4 is 10.0 Å². The summed E-state index contributed by atoms with van der Waals surface area (Å²) in [6.07, 6.45) is 4.79. The van der Waals surface area contributed by atoms with E-state index in [1.165, 1.54) is 4.31 Å². The predicted molar refractivity (Wildman–Crippen MR) is 75.9 cm³/mol. The molecule has 1 fully saturated rings. The molecule has 0 bridgehead atoms. The SMILES string of the molecule is CCn1cc(S(=O)(=O)N2CCCCC2CCO)nc1C. The number of sulfonamides is 1. The molecule has 1 N–H and O–H groups in total. The Kier molecular flexibility index (Phi) is 4.82. The summed E-state index contributed by atoms with van der Waals surface area (Å²) in [5, 5.41) is 9.24. The van der Waals surface area contributed by atoms with Crippen LogP contribution in [-0.2, 0) is 16.6 Å². The quantitative estimate of drug-likeness (QED) is 0.885. The van der Waals surface area contributed by atoms with E-state index in [9.17, 15) is 8.42 Å². The number of imidazole rings is 1. The minimum atomic E-state index is -3.55. The van der Waals surface area contributed by atoms with Crippen LogP contribution in [0.2, 0.25) is 0 Å². The maximum Gasteiger partial charge on any atom is 0.262 e. The fourth-order valence-electron chi connectivity index (χ4n) is 2.77. The molecular formula is C13H23N3O3S. The van der Waals surface area contributed by atoms with Crippen molar-refractivity contribution in [2.45, 2.75) is 57.1 Å². The molecule has 6 nitrogen and oxygen atoms in total. The molecule has 20 heavy (non-hydrogen) atoms. The lowest BCUT2D eigenvalue weighted by molar-refractivity contribution is 0.192. The van der Waals surface area contributed by atoms with E-state index in [2.05, 4.69) is 4.98 Å². The van der Waals surface area contributed by atoms with Gasteiger partial charge in [-0.25, -0.2) is 13.4 Å². The lowest BCUT2D eigenvalue weighted by Crippen LogP contribution is -2.44. The Labute approximate surface area is 120 Å². The molecule has 1 aliphatic heterocycles. The topological polar surface area (TPSA) is 75.4 Å². The maximum atomic E-state index is 12.7. The Morgan fingerprint density at radius 1 is 1.45 bits per heavy atom. The molecule has 1 aromatic rings. The Morgan fingerprint density at radius 2 is 2.20 bits per heavy atom. The smallest absolute Gasteiger partial charge is 0.262 e. The van der Waals surface area contributed by atoms with Crippen molar-refractivity contribution in [3.8, 4) is 0 Å². The van der Waals surface area contributed by atoms with Crippen molar-refractivity contribution in [1.29, 1.82) is 0 Å². The number of piperidine rings is 1. The van der Waals surface area contributed by atoms with E-state index < -0.39 is 10.0 Å². The predicted octanol–water partition coefficient (Wildman–Crippen LogP) is 1.14. The molecule has 1 aliphatic rings. The molecule has 0 radical (unpaired) electrons. The highest BCUT2D eigenvalue weighted by molar-refractivity contribution is 7.89. The summed E-state index contributed by atoms with van der Waals surface area (Å²) in [4.78, 5) is 4.19. The van der Waals surface area contributed by atoms with Crippen LogP contribution in [0.5, 0.6) is 0 Å². The van der Waals surface area contributed by atoms with Gasteiger partial charge in [0.2, 0.25) is 0 Å². The van der Waals surface area contributed by atoms with Crippen molar-refractivity contribution in [3.05, 3.63) is 12.0 Å². The van der Waals surface area contributed by atoms with Gasteiger partial charge in [0, 0.05) is 31.9 Å². The molecular weight excluding hydrogens is 278 g/mol. The van der Waals surface area contributed by atoms with Gasteiger partial charge >= 0.3 is 0 Å². The summed E-state index contributed by atoms with van der Waals surface area (Å²) in [5.41, 5.74) is 0. The summed E-state index contributed by atoms with van der Waals surface area (Å²) < 4.78 is 28.8. The van der Waals surface area contributed by atoms with Crippen LogP contribution < -0.4 is 0 Å². The monoisotopic (exact) mass is 301 g/mol. The first-order valence-electron chi connectivity index (χ1n) is 7.17. The zero-order chi connectivity index (χ0) is 14.8. The second-order valence-electron chi connectivity index (χ2n) is 5.19. The lowest BCUT2D eigenvalue weighted by atomic mass is 10.0. The fourth-order valence-corrected chi connectivity index (χ4v) is 4.49. The first-order valence-corrected chi connectivity index (χ1v) is 8.61. The Bertz CT molecular complexity index is 551. The Hall–Kier alpha value is -0.920. The van der Waals surface area contributed by atoms with E-state index in [-0.39, 0.29) is 17.7 Å². The fraction of sp³-hybridized carbons (Fsp3) is 0.769. The van der Waals surface area contributed by atoms with Crippen molar-refractivity contribution in [3.63, 3.8) is 0 Å². The third-order valence-electron chi connectivity index (χ3n) is 3.90. The molecule has 1 unspecified atom stereocenters. The molecule has 0 amide bonds. The van der Waals surface area contributed by atoms with Crippen molar-refractivity contribution in [1.82, 2.24) is 13.9 Å². The van der Waals surface area contributed by atoms with Gasteiger partial charge < -0.3 is 9.67 Å². The highest BCUT2D eigenvalue weighted by Gasteiger charge is 2.34. The molecule has 1 atom stereocenters. The van der Waals surface area contributed by atoms with E-state index in [4.69, 9.17) is 5.11 Å². The van der Waals surface area contributed by atoms with Crippen LogP contribution in [0.25, 0.3) is 0 Å². The minimum Gasteiger partial charge on any atom is -0.396 e. The van der Waals surface area contributed by atoms with E-state index in [1.54, 1.807) is 6.20 Å². The third kappa shape index (κ3) is 2.89. The van der Waals surface area contributed by atoms with Crippen LogP contribution in [0, 0.1) is 6.92 Å². The largest absolute Gasteiger partial charge is 0.396 e. The summed E-state index contributed by atoms with van der Waals surface area (Å²) in [7, 11) is -3.55. The van der Waals surface area contributed by atoms with Crippen LogP contribution in [0.1, 0.15) is 38.4 Å². The number of aryl methyl sites for hydroxylation is 2. The first kappa shape index (κ1) is 15.5. The van der Waals surface area contributed by atoms with Gasteiger partial charge in [-0.3, -0.25) is 0 Å². The standard InChI is InChI=1S/C13H23N3O3S/c1-3-15-10-13(14-11(15)2)20(18,19)16-8-5-4-6-12(16)7-9-17/h10,12,17H,3-9H2,1-2H3. The van der Waals surface area contributed by atoms with Crippen molar-refractivity contribution in [2.24, 2.45) is 0 Å². The summed E-state index contributed by atoms with van der Waals surface area (Å²) in [6.45, 7) is 5.00. The number of rotatable bonds is 5. The molecule has 2 heterocycles. The molecule has 1 aromatic heterocycles. The van der Waals surface area contributed by atoms with Gasteiger partial charge in [-0.2, -0.15) is 4.31 Å². The average molecular weight is 301 g/mol. The second kappa shape index (κ2) is 6.24. The Morgan fingerprint density at radius 3 is 2.80 bits per heavy atom. The van der Waals surface area contributed by atoms with Crippen molar-refractivity contribution in [2.75, 3.05) is 13.2 Å². The van der Waals surface area contributed by atoms with E-state index in [1.807, 2.05) is 18.4 Å². The normalized spacial score (nSPS) is 21.2. The van der Waals surface area contributed by atoms with Crippen LogP contribution in [0.3, 0.4) is 0 Å². The van der Waals surface area contributed by atoms with Crippen molar-refractivity contribution < 1.29 is 13.5 Å². The first-order chi connectivity index (χ1) is 9.50. The molecule has 0 spiro atoms. The van der Waals surface area contributed by atoms with E-state index >= 15 is 0 Å². The van der Waals surface area contributed by atoms with Crippen LogP contribution in [0.4, 0.5) is 0 Å². The zero-order valence-electron chi connectivity index (χ0n) is 12.1. The summed E-state index contributed by atoms with van der Waals surface area (Å²) in [6, 6.07) is -0.106. The number of aliphatic hydroxyl groups excluding tert-OH is 1. The molecule has 1 saturated heterocycles. The summed E-state index contributed by atoms with van der Waals surface area (Å²) >= 11 is 0. The van der Waals surface area contributed by atoms with Gasteiger partial charge in [0.1, 0.15) is 5.82 Å². The zero-order valence-corrected chi connectivity index (χ0v) is 12.9. The van der Waals surface area contributed by atoms with Gasteiger partial charge in [-0.15, -0.1) is 0 Å². The van der Waals surface area contributed by atoms with Gasteiger partial charge in [0.25, 0.3) is 10.0 Å². The number of hydrogen-bond acceptors (Lipinski definition) is 4. The van der Waals surface area contributed by atoms with Crippen LogP contribution in [0.15, 0.2) is 11.2 Å². The maximum absolute atomic E-state index is 12.7. The van der Waals surface area contributed by atoms with E-state index in [0.29, 0.717) is 25.3 Å². The second-order valence-corrected chi connectivity index (χ2v) is 7.03. The lowest BCUT2D eigenvalue weighted by Gasteiger charge is -2.33. The van der Waals surface area contributed by atoms with Crippen LogP contribution >= 0.6 is 0 Å². The number of nitrogens with zero attached hydrogens (tertiary/aromatic N) is 3. The Balaban J connectivity index is 2.31. The highest BCUT2D eigenvalue weighted by Crippen LogP contribution is 2.26. The molecule has 2 rings (SSSR count). The molecule has 114 valence electrons. The van der Waals surface area contributed by atoms with Gasteiger partial charge in [0.05, 0.1) is 0 Å². The molecule has 0 aliphatic carbocycles. The minimum absolute atomic E-state index is 0.0130. The van der Waals surface area contributed by atoms with E-state index in [0.717, 1.165) is 19.3 Å². The molecule has 7 heteroatoms. The van der Waals surface area contributed by atoms with Gasteiger partial charge in [-0.05, 0) is 33.1 Å². The molecule has 0 saturated carbocycles. The average Bonchev–Trinajstić information content (AvgIpc) is 2.81. The number of aliphatic hydroxyl groups is 1. The number of hydrogen-bond donors (Lipinski definition) is 1. The highest BCUT2D eigenvalue weighted by atomic mass is 32.2. The van der Waals surface area contributed by atoms with Crippen LogP contribution in [-0.4, -0.2) is 46.6 Å². The summed E-state index contributed by atoms with van der Waals surface area (Å²) in [5.74, 6) is 0.710.